The molecule has 0 aliphatic carbocycles. The highest BCUT2D eigenvalue weighted by Crippen LogP contribution is 2.18. The number of anilines is 1. The van der Waals surface area contributed by atoms with Gasteiger partial charge in [-0.05, 0) is 25.7 Å². The van der Waals surface area contributed by atoms with Crippen molar-refractivity contribution in [1.29, 1.82) is 0 Å². The fraction of sp³-hybridized carbons (Fsp3) is 0.750. The molecule has 19 heavy (non-hydrogen) atoms. The Balaban J connectivity index is 1.88. The summed E-state index contributed by atoms with van der Waals surface area (Å²) in [6, 6.07) is -0.145. The van der Waals surface area contributed by atoms with Crippen LogP contribution >= 0.6 is 11.3 Å². The van der Waals surface area contributed by atoms with Crippen LogP contribution in [0.2, 0.25) is 0 Å². The van der Waals surface area contributed by atoms with Crippen LogP contribution in [0.3, 0.4) is 0 Å². The summed E-state index contributed by atoms with van der Waals surface area (Å²) in [6.07, 6.45) is 3.88. The van der Waals surface area contributed by atoms with Gasteiger partial charge in [-0.2, -0.15) is 0 Å². The summed E-state index contributed by atoms with van der Waals surface area (Å²) in [6.45, 7) is 3.36. The van der Waals surface area contributed by atoms with Crippen molar-refractivity contribution in [3.63, 3.8) is 0 Å². The second-order valence-electron chi connectivity index (χ2n) is 4.75. The number of hydrogen-bond acceptors (Lipinski definition) is 5. The lowest BCUT2D eigenvalue weighted by atomic mass is 10.2. The van der Waals surface area contributed by atoms with Crippen LogP contribution in [-0.2, 0) is 6.42 Å². The van der Waals surface area contributed by atoms with Crippen molar-refractivity contribution < 1.29 is 9.90 Å². The Morgan fingerprint density at radius 3 is 3.11 bits per heavy atom. The predicted molar refractivity (Wildman–Crippen MR) is 74.4 cm³/mol. The van der Waals surface area contributed by atoms with Crippen molar-refractivity contribution >= 4 is 22.5 Å². The van der Waals surface area contributed by atoms with Gasteiger partial charge < -0.3 is 10.0 Å². The first-order valence-electron chi connectivity index (χ1n) is 6.75. The molecule has 2 amide bonds. The van der Waals surface area contributed by atoms with Gasteiger partial charge in [0.05, 0.1) is 6.10 Å². The van der Waals surface area contributed by atoms with Crippen molar-refractivity contribution in [3.8, 4) is 0 Å². The van der Waals surface area contributed by atoms with E-state index in [0.717, 1.165) is 30.7 Å². The summed E-state index contributed by atoms with van der Waals surface area (Å²) in [5, 5.41) is 21.8. The maximum absolute atomic E-state index is 12.1. The maximum Gasteiger partial charge on any atom is 0.323 e. The molecule has 1 saturated heterocycles. The van der Waals surface area contributed by atoms with E-state index < -0.39 is 0 Å². The number of aromatic nitrogens is 2. The number of rotatable bonds is 3. The molecule has 0 spiro atoms. The van der Waals surface area contributed by atoms with Crippen molar-refractivity contribution in [2.75, 3.05) is 18.4 Å². The minimum Gasteiger partial charge on any atom is -0.393 e. The Morgan fingerprint density at radius 2 is 2.32 bits per heavy atom. The monoisotopic (exact) mass is 284 g/mol. The highest BCUT2D eigenvalue weighted by Gasteiger charge is 2.20. The minimum absolute atomic E-state index is 0.145. The molecule has 7 heteroatoms. The second kappa shape index (κ2) is 6.81. The largest absolute Gasteiger partial charge is 0.393 e. The van der Waals surface area contributed by atoms with E-state index in [0.29, 0.717) is 24.6 Å². The maximum atomic E-state index is 12.1. The molecule has 1 unspecified atom stereocenters. The van der Waals surface area contributed by atoms with E-state index in [9.17, 15) is 9.90 Å². The predicted octanol–water partition coefficient (Wildman–Crippen LogP) is 1.87. The standard InChI is InChI=1S/C12H20N4O2S/c1-2-4-10-14-15-11(19-10)13-12(18)16-7-3-5-9(17)6-8-16/h9,17H,2-8H2,1H3,(H,13,15,18). The molecule has 2 rings (SSSR count). The Labute approximate surface area is 116 Å². The zero-order valence-electron chi connectivity index (χ0n) is 11.1. The van der Waals surface area contributed by atoms with Gasteiger partial charge in [-0.3, -0.25) is 5.32 Å². The third-order valence-electron chi connectivity index (χ3n) is 3.13. The first-order valence-corrected chi connectivity index (χ1v) is 7.57. The molecule has 0 radical (unpaired) electrons. The highest BCUT2D eigenvalue weighted by molar-refractivity contribution is 7.15. The lowest BCUT2D eigenvalue weighted by molar-refractivity contribution is 0.156. The Morgan fingerprint density at radius 1 is 1.47 bits per heavy atom. The smallest absolute Gasteiger partial charge is 0.323 e. The molecule has 1 fully saturated rings. The van der Waals surface area contributed by atoms with E-state index in [1.165, 1.54) is 11.3 Å². The first kappa shape index (κ1) is 14.2. The van der Waals surface area contributed by atoms with E-state index >= 15 is 0 Å². The van der Waals surface area contributed by atoms with E-state index in [1.54, 1.807) is 4.90 Å². The molecule has 0 saturated carbocycles. The van der Waals surface area contributed by atoms with Gasteiger partial charge in [0, 0.05) is 19.5 Å². The van der Waals surface area contributed by atoms with Gasteiger partial charge in [0.15, 0.2) is 0 Å². The van der Waals surface area contributed by atoms with Crippen LogP contribution in [0.15, 0.2) is 0 Å². The van der Waals surface area contributed by atoms with Gasteiger partial charge in [-0.25, -0.2) is 4.79 Å². The number of aliphatic hydroxyl groups is 1. The number of nitrogens with zero attached hydrogens (tertiary/aromatic N) is 3. The molecule has 6 nitrogen and oxygen atoms in total. The quantitative estimate of drug-likeness (QED) is 0.888. The van der Waals surface area contributed by atoms with Crippen molar-refractivity contribution in [1.82, 2.24) is 15.1 Å². The topological polar surface area (TPSA) is 78.4 Å². The summed E-state index contributed by atoms with van der Waals surface area (Å²) < 4.78 is 0. The number of hydrogen-bond donors (Lipinski definition) is 2. The molecular weight excluding hydrogens is 264 g/mol. The van der Waals surface area contributed by atoms with Crippen molar-refractivity contribution in [2.45, 2.75) is 45.1 Å². The Hall–Kier alpha value is -1.21. The fourth-order valence-electron chi connectivity index (χ4n) is 2.07. The van der Waals surface area contributed by atoms with E-state index in [-0.39, 0.29) is 12.1 Å². The van der Waals surface area contributed by atoms with Crippen molar-refractivity contribution in [2.24, 2.45) is 0 Å². The van der Waals surface area contributed by atoms with Gasteiger partial charge in [0.2, 0.25) is 5.13 Å². The number of amides is 2. The van der Waals surface area contributed by atoms with Gasteiger partial charge in [-0.1, -0.05) is 18.3 Å². The highest BCUT2D eigenvalue weighted by atomic mass is 32.1. The number of likely N-dealkylation sites (tertiary alicyclic amines) is 1. The summed E-state index contributed by atoms with van der Waals surface area (Å²) in [7, 11) is 0. The van der Waals surface area contributed by atoms with Crippen LogP contribution in [-0.4, -0.2) is 45.4 Å². The third kappa shape index (κ3) is 4.14. The Bertz CT molecular complexity index is 424. The molecule has 106 valence electrons. The number of aliphatic hydroxyl groups excluding tert-OH is 1. The lowest BCUT2D eigenvalue weighted by Crippen LogP contribution is -2.35. The average Bonchev–Trinajstić information content (AvgIpc) is 2.69. The fourth-order valence-corrected chi connectivity index (χ4v) is 2.90. The molecule has 1 aliphatic rings. The van der Waals surface area contributed by atoms with Crippen LogP contribution < -0.4 is 5.32 Å². The number of nitrogens with one attached hydrogen (secondary N) is 1. The van der Waals surface area contributed by atoms with Gasteiger partial charge in [-0.15, -0.1) is 10.2 Å². The summed E-state index contributed by atoms with van der Waals surface area (Å²) in [4.78, 5) is 13.8. The summed E-state index contributed by atoms with van der Waals surface area (Å²) >= 11 is 1.43. The lowest BCUT2D eigenvalue weighted by Gasteiger charge is -2.19. The molecule has 2 N–H and O–H groups in total. The number of urea groups is 1. The number of carbonyl (C=O) groups excluding carboxylic acids is 1. The zero-order valence-corrected chi connectivity index (χ0v) is 11.9. The van der Waals surface area contributed by atoms with Crippen LogP contribution in [0, 0.1) is 0 Å². The van der Waals surface area contributed by atoms with Crippen LogP contribution in [0.25, 0.3) is 0 Å². The SMILES string of the molecule is CCCc1nnc(NC(=O)N2CCCC(O)CC2)s1. The van der Waals surface area contributed by atoms with Gasteiger partial charge in [0.25, 0.3) is 0 Å². The number of aryl methyl sites for hydroxylation is 1. The van der Waals surface area contributed by atoms with Gasteiger partial charge in [0.1, 0.15) is 5.01 Å². The zero-order chi connectivity index (χ0) is 13.7. The average molecular weight is 284 g/mol. The normalized spacial score (nSPS) is 20.1. The van der Waals surface area contributed by atoms with E-state index in [1.807, 2.05) is 0 Å². The summed E-state index contributed by atoms with van der Waals surface area (Å²) in [5.74, 6) is 0. The van der Waals surface area contributed by atoms with E-state index in [2.05, 4.69) is 22.4 Å². The molecule has 1 atom stereocenters. The van der Waals surface area contributed by atoms with Crippen LogP contribution in [0.1, 0.15) is 37.6 Å². The Kier molecular flexibility index (Phi) is 5.09. The molecule has 0 aromatic carbocycles. The molecule has 1 aliphatic heterocycles. The summed E-state index contributed by atoms with van der Waals surface area (Å²) in [5.41, 5.74) is 0. The molecular formula is C12H20N4O2S. The van der Waals surface area contributed by atoms with Crippen molar-refractivity contribution in [3.05, 3.63) is 5.01 Å². The van der Waals surface area contributed by atoms with Crippen LogP contribution in [0.5, 0.6) is 0 Å². The third-order valence-corrected chi connectivity index (χ3v) is 4.03. The second-order valence-corrected chi connectivity index (χ2v) is 5.81. The van der Waals surface area contributed by atoms with Gasteiger partial charge >= 0.3 is 6.03 Å². The van der Waals surface area contributed by atoms with E-state index in [4.69, 9.17) is 0 Å². The van der Waals surface area contributed by atoms with Crippen LogP contribution in [0.4, 0.5) is 9.93 Å². The minimum atomic E-state index is -0.282. The number of carbonyl (C=O) groups is 1. The molecule has 1 aromatic rings. The molecule has 0 bridgehead atoms. The first-order chi connectivity index (χ1) is 9.19. The molecule has 1 aromatic heterocycles. The molecule has 2 heterocycles.